The third kappa shape index (κ3) is 4.71. The van der Waals surface area contributed by atoms with E-state index in [0.717, 1.165) is 18.9 Å². The highest BCUT2D eigenvalue weighted by atomic mass is 19.3. The van der Waals surface area contributed by atoms with Crippen molar-refractivity contribution in [3.05, 3.63) is 29.1 Å². The molecule has 0 aliphatic carbocycles. The number of aryl methyl sites for hydroxylation is 1. The molecule has 0 aliphatic heterocycles. The van der Waals surface area contributed by atoms with Crippen LogP contribution in [0.25, 0.3) is 0 Å². The van der Waals surface area contributed by atoms with Gasteiger partial charge < -0.3 is 10.5 Å². The lowest BCUT2D eigenvalue weighted by Crippen LogP contribution is -2.15. The lowest BCUT2D eigenvalue weighted by molar-refractivity contribution is -0.0506. The highest BCUT2D eigenvalue weighted by molar-refractivity contribution is 5.41. The summed E-state index contributed by atoms with van der Waals surface area (Å²) in [5.41, 5.74) is 6.13. The van der Waals surface area contributed by atoms with Crippen molar-refractivity contribution >= 4 is 0 Å². The summed E-state index contributed by atoms with van der Waals surface area (Å²) < 4.78 is 43.2. The molecule has 0 aromatic heterocycles. The van der Waals surface area contributed by atoms with Crippen LogP contribution in [0.4, 0.5) is 13.2 Å². The predicted octanol–water partition coefficient (Wildman–Crippen LogP) is 4.01. The van der Waals surface area contributed by atoms with Crippen molar-refractivity contribution in [1.82, 2.24) is 0 Å². The normalized spacial score (nSPS) is 12.0. The smallest absolute Gasteiger partial charge is 0.387 e. The van der Waals surface area contributed by atoms with Crippen molar-refractivity contribution in [3.63, 3.8) is 0 Å². The number of rotatable bonds is 6. The minimum Gasteiger partial charge on any atom is -0.434 e. The lowest BCUT2D eigenvalue weighted by Gasteiger charge is -2.22. The molecule has 0 saturated heterocycles. The number of halogens is 3. The Labute approximate surface area is 118 Å². The quantitative estimate of drug-likeness (QED) is 0.803. The standard InChI is InChI=1S/C15H22F3NO/c1-15(2,3)11-8-10(6-4-5-7-19)13(9-12(11)16)20-14(17)18/h8-9,14H,4-7,19H2,1-3H3. The van der Waals surface area contributed by atoms with E-state index in [1.807, 2.05) is 20.8 Å². The second-order valence-corrected chi connectivity index (χ2v) is 5.81. The molecule has 0 aliphatic rings. The zero-order valence-corrected chi connectivity index (χ0v) is 12.2. The first-order valence-corrected chi connectivity index (χ1v) is 6.73. The molecule has 5 heteroatoms. The molecule has 0 unspecified atom stereocenters. The second-order valence-electron chi connectivity index (χ2n) is 5.81. The highest BCUT2D eigenvalue weighted by Gasteiger charge is 2.22. The van der Waals surface area contributed by atoms with E-state index in [9.17, 15) is 13.2 Å². The minimum atomic E-state index is -2.96. The molecule has 20 heavy (non-hydrogen) atoms. The van der Waals surface area contributed by atoms with E-state index in [1.165, 1.54) is 0 Å². The van der Waals surface area contributed by atoms with E-state index in [1.54, 1.807) is 6.07 Å². The molecule has 0 atom stereocenters. The molecule has 1 aromatic carbocycles. The Morgan fingerprint density at radius 3 is 2.35 bits per heavy atom. The van der Waals surface area contributed by atoms with E-state index in [-0.39, 0.29) is 5.75 Å². The first kappa shape index (κ1) is 16.8. The molecule has 0 bridgehead atoms. The fourth-order valence-corrected chi connectivity index (χ4v) is 2.04. The summed E-state index contributed by atoms with van der Waals surface area (Å²) in [5.74, 6) is -0.599. The monoisotopic (exact) mass is 289 g/mol. The Morgan fingerprint density at radius 1 is 1.20 bits per heavy atom. The number of unbranched alkanes of at least 4 members (excludes halogenated alkanes) is 1. The van der Waals surface area contributed by atoms with Crippen molar-refractivity contribution < 1.29 is 17.9 Å². The highest BCUT2D eigenvalue weighted by Crippen LogP contribution is 2.32. The van der Waals surface area contributed by atoms with Gasteiger partial charge in [0, 0.05) is 6.07 Å². The van der Waals surface area contributed by atoms with Crippen LogP contribution < -0.4 is 10.5 Å². The van der Waals surface area contributed by atoms with Gasteiger partial charge in [-0.25, -0.2) is 4.39 Å². The average molecular weight is 289 g/mol. The molecule has 114 valence electrons. The van der Waals surface area contributed by atoms with Crippen LogP contribution in [0.3, 0.4) is 0 Å². The molecule has 2 nitrogen and oxygen atoms in total. The molecule has 0 heterocycles. The molecule has 1 rings (SSSR count). The zero-order valence-electron chi connectivity index (χ0n) is 12.2. The summed E-state index contributed by atoms with van der Waals surface area (Å²) in [6, 6.07) is 2.69. The van der Waals surface area contributed by atoms with Crippen molar-refractivity contribution in [2.75, 3.05) is 6.54 Å². The number of alkyl halides is 2. The number of hydrogen-bond acceptors (Lipinski definition) is 2. The molecule has 0 fully saturated rings. The Bertz CT molecular complexity index is 441. The van der Waals surface area contributed by atoms with Crippen molar-refractivity contribution in [1.29, 1.82) is 0 Å². The number of benzene rings is 1. The molecular formula is C15H22F3NO. The molecule has 0 amide bonds. The van der Waals surface area contributed by atoms with Gasteiger partial charge in [-0.05, 0) is 48.4 Å². The summed E-state index contributed by atoms with van der Waals surface area (Å²) in [5, 5.41) is 0. The van der Waals surface area contributed by atoms with Gasteiger partial charge in [0.25, 0.3) is 0 Å². The Balaban J connectivity index is 3.12. The van der Waals surface area contributed by atoms with Crippen LogP contribution >= 0.6 is 0 Å². The first-order chi connectivity index (χ1) is 9.25. The van der Waals surface area contributed by atoms with Gasteiger partial charge in [0.1, 0.15) is 11.6 Å². The molecule has 1 aromatic rings. The van der Waals surface area contributed by atoms with Crippen molar-refractivity contribution in [2.24, 2.45) is 5.73 Å². The maximum Gasteiger partial charge on any atom is 0.387 e. The van der Waals surface area contributed by atoms with E-state index in [2.05, 4.69) is 4.74 Å². The average Bonchev–Trinajstić information content (AvgIpc) is 2.29. The van der Waals surface area contributed by atoms with Crippen molar-refractivity contribution in [2.45, 2.75) is 52.1 Å². The first-order valence-electron chi connectivity index (χ1n) is 6.73. The van der Waals surface area contributed by atoms with Crippen LogP contribution in [0.2, 0.25) is 0 Å². The van der Waals surface area contributed by atoms with Crippen LogP contribution in [0.1, 0.15) is 44.7 Å². The second kappa shape index (κ2) is 6.97. The van der Waals surface area contributed by atoms with Crippen LogP contribution in [0.15, 0.2) is 12.1 Å². The van der Waals surface area contributed by atoms with E-state index in [0.29, 0.717) is 24.1 Å². The van der Waals surface area contributed by atoms with Gasteiger partial charge in [-0.3, -0.25) is 0 Å². The SMILES string of the molecule is CC(C)(C)c1cc(CCCCN)c(OC(F)F)cc1F. The topological polar surface area (TPSA) is 35.2 Å². The minimum absolute atomic E-state index is 0.0810. The molecular weight excluding hydrogens is 267 g/mol. The van der Waals surface area contributed by atoms with Gasteiger partial charge in [0.2, 0.25) is 0 Å². The van der Waals surface area contributed by atoms with E-state index < -0.39 is 17.8 Å². The van der Waals surface area contributed by atoms with E-state index >= 15 is 0 Å². The predicted molar refractivity (Wildman–Crippen MR) is 73.7 cm³/mol. The molecule has 0 saturated carbocycles. The maximum absolute atomic E-state index is 14.0. The summed E-state index contributed by atoms with van der Waals surface area (Å²) in [6.45, 7) is 3.22. The summed E-state index contributed by atoms with van der Waals surface area (Å²) in [6.07, 6.45) is 2.09. The molecule has 0 radical (unpaired) electrons. The Kier molecular flexibility index (Phi) is 5.87. The van der Waals surface area contributed by atoms with Gasteiger partial charge in [0.15, 0.2) is 0 Å². The summed E-state index contributed by atoms with van der Waals surface area (Å²) in [4.78, 5) is 0. The van der Waals surface area contributed by atoms with Crippen LogP contribution in [-0.4, -0.2) is 13.2 Å². The molecule has 0 spiro atoms. The molecule has 2 N–H and O–H groups in total. The Hall–Kier alpha value is -1.23. The van der Waals surface area contributed by atoms with Gasteiger partial charge in [-0.15, -0.1) is 0 Å². The van der Waals surface area contributed by atoms with E-state index in [4.69, 9.17) is 5.73 Å². The van der Waals surface area contributed by atoms with Gasteiger partial charge >= 0.3 is 6.61 Å². The van der Waals surface area contributed by atoms with Gasteiger partial charge in [-0.2, -0.15) is 8.78 Å². The largest absolute Gasteiger partial charge is 0.434 e. The zero-order chi connectivity index (χ0) is 15.3. The van der Waals surface area contributed by atoms with Gasteiger partial charge in [-0.1, -0.05) is 20.8 Å². The van der Waals surface area contributed by atoms with Crippen molar-refractivity contribution in [3.8, 4) is 5.75 Å². The van der Waals surface area contributed by atoms with Crippen LogP contribution in [0.5, 0.6) is 5.75 Å². The fourth-order valence-electron chi connectivity index (χ4n) is 2.04. The summed E-state index contributed by atoms with van der Waals surface area (Å²) >= 11 is 0. The van der Waals surface area contributed by atoms with Crippen LogP contribution in [-0.2, 0) is 11.8 Å². The Morgan fingerprint density at radius 2 is 1.85 bits per heavy atom. The fraction of sp³-hybridized carbons (Fsp3) is 0.600. The van der Waals surface area contributed by atoms with Gasteiger partial charge in [0.05, 0.1) is 0 Å². The third-order valence-corrected chi connectivity index (χ3v) is 3.07. The summed E-state index contributed by atoms with van der Waals surface area (Å²) in [7, 11) is 0. The number of ether oxygens (including phenoxy) is 1. The van der Waals surface area contributed by atoms with Crippen LogP contribution in [0, 0.1) is 5.82 Å². The third-order valence-electron chi connectivity index (χ3n) is 3.07. The number of nitrogens with two attached hydrogens (primary N) is 1. The number of hydrogen-bond donors (Lipinski definition) is 1. The lowest BCUT2D eigenvalue weighted by atomic mass is 9.85. The maximum atomic E-state index is 14.0.